The minimum atomic E-state index is -0.633. The summed E-state index contributed by atoms with van der Waals surface area (Å²) in [7, 11) is 0. The van der Waals surface area contributed by atoms with Crippen molar-refractivity contribution >= 4 is 17.4 Å². The Morgan fingerprint density at radius 3 is 2.39 bits per heavy atom. The molecule has 162 valence electrons. The first-order valence-electron chi connectivity index (χ1n) is 10.4. The Hall–Kier alpha value is -3.19. The molecule has 0 aliphatic carbocycles. The number of carbonyl (C=O) groups is 1. The van der Waals surface area contributed by atoms with Crippen LogP contribution in [0.5, 0.6) is 0 Å². The zero-order valence-corrected chi connectivity index (χ0v) is 18.4. The summed E-state index contributed by atoms with van der Waals surface area (Å²) in [6.07, 6.45) is 0. The average molecular weight is 422 g/mol. The van der Waals surface area contributed by atoms with Gasteiger partial charge in [-0.3, -0.25) is 4.79 Å². The molecule has 0 fully saturated rings. The van der Waals surface area contributed by atoms with Gasteiger partial charge >= 0.3 is 0 Å². The van der Waals surface area contributed by atoms with E-state index in [4.69, 9.17) is 10.7 Å². The maximum atomic E-state index is 13.6. The van der Waals surface area contributed by atoms with E-state index in [0.29, 0.717) is 13.1 Å². The van der Waals surface area contributed by atoms with Crippen LogP contribution in [-0.4, -0.2) is 33.4 Å². The molecule has 0 atom stereocenters. The molecule has 2 aromatic carbocycles. The van der Waals surface area contributed by atoms with E-state index in [0.717, 1.165) is 39.7 Å². The number of hydrogen-bond acceptors (Lipinski definition) is 4. The summed E-state index contributed by atoms with van der Waals surface area (Å²) < 4.78 is 15.7. The maximum absolute atomic E-state index is 13.6. The minimum Gasteiger partial charge on any atom is -0.340 e. The molecule has 3 aromatic rings. The third-order valence-electron chi connectivity index (χ3n) is 5.81. The van der Waals surface area contributed by atoms with E-state index in [2.05, 4.69) is 41.9 Å². The normalized spacial score (nSPS) is 15.0. The van der Waals surface area contributed by atoms with Crippen molar-refractivity contribution in [2.75, 3.05) is 18.4 Å². The van der Waals surface area contributed by atoms with E-state index in [1.165, 1.54) is 12.1 Å². The number of imidazole rings is 1. The van der Waals surface area contributed by atoms with Gasteiger partial charge in [0.1, 0.15) is 23.2 Å². The monoisotopic (exact) mass is 421 g/mol. The first-order valence-corrected chi connectivity index (χ1v) is 10.4. The van der Waals surface area contributed by atoms with Crippen molar-refractivity contribution in [2.45, 2.75) is 39.8 Å². The first kappa shape index (κ1) is 21.1. The molecule has 1 aliphatic rings. The van der Waals surface area contributed by atoms with E-state index in [-0.39, 0.29) is 18.3 Å². The summed E-state index contributed by atoms with van der Waals surface area (Å²) >= 11 is 0. The Balaban J connectivity index is 1.87. The zero-order chi connectivity index (χ0) is 22.3. The summed E-state index contributed by atoms with van der Waals surface area (Å²) in [5.41, 5.74) is 9.82. The fourth-order valence-corrected chi connectivity index (χ4v) is 4.40. The van der Waals surface area contributed by atoms with Gasteiger partial charge in [-0.15, -0.1) is 0 Å². The van der Waals surface area contributed by atoms with Gasteiger partial charge in [-0.25, -0.2) is 9.37 Å². The van der Waals surface area contributed by atoms with Gasteiger partial charge in [0.25, 0.3) is 0 Å². The van der Waals surface area contributed by atoms with Gasteiger partial charge in [0.15, 0.2) is 0 Å². The molecular formula is C24H28FN5O. The Kier molecular flexibility index (Phi) is 5.31. The number of hydrogen-bond donors (Lipinski definition) is 2. The molecule has 31 heavy (non-hydrogen) atoms. The number of carbonyl (C=O) groups excluding carboxylic acids is 1. The van der Waals surface area contributed by atoms with Gasteiger partial charge in [0, 0.05) is 24.3 Å². The predicted octanol–water partition coefficient (Wildman–Crippen LogP) is 4.09. The van der Waals surface area contributed by atoms with Crippen molar-refractivity contribution < 1.29 is 9.18 Å². The Bertz CT molecular complexity index is 1110. The number of rotatable bonds is 4. The highest BCUT2D eigenvalue weighted by Gasteiger charge is 2.41. The van der Waals surface area contributed by atoms with Crippen LogP contribution >= 0.6 is 0 Å². The van der Waals surface area contributed by atoms with Crippen LogP contribution in [0.25, 0.3) is 11.3 Å². The van der Waals surface area contributed by atoms with Crippen LogP contribution in [0.4, 0.5) is 15.9 Å². The van der Waals surface area contributed by atoms with Crippen molar-refractivity contribution in [3.8, 4) is 11.3 Å². The molecule has 0 unspecified atom stereocenters. The Labute approximate surface area is 181 Å². The lowest BCUT2D eigenvalue weighted by molar-refractivity contribution is -0.137. The van der Waals surface area contributed by atoms with Crippen LogP contribution in [0.2, 0.25) is 0 Å². The number of aryl methyl sites for hydroxylation is 2. The van der Waals surface area contributed by atoms with Crippen LogP contribution in [0, 0.1) is 19.7 Å². The number of amides is 1. The van der Waals surface area contributed by atoms with Crippen LogP contribution in [0.15, 0.2) is 42.5 Å². The summed E-state index contributed by atoms with van der Waals surface area (Å²) in [6.45, 7) is 9.17. The number of fused-ring (bicyclic) bond motifs is 1. The number of halogens is 1. The van der Waals surface area contributed by atoms with Crippen molar-refractivity contribution in [3.05, 3.63) is 65.2 Å². The standard InChI is InChI=1S/C24H28FN5O/c1-15-11-16(2)13-19(12-15)27-22-21(17-5-7-18(25)8-6-17)28-23-24(3,4)30(20(31)14-26)10-9-29(22)23/h5-8,11-13,27H,9-10,14,26H2,1-4H3. The van der Waals surface area contributed by atoms with Crippen molar-refractivity contribution in [1.82, 2.24) is 14.5 Å². The van der Waals surface area contributed by atoms with E-state index >= 15 is 0 Å². The summed E-state index contributed by atoms with van der Waals surface area (Å²) in [4.78, 5) is 19.2. The van der Waals surface area contributed by atoms with Gasteiger partial charge in [-0.05, 0) is 75.2 Å². The van der Waals surface area contributed by atoms with Crippen LogP contribution in [0.1, 0.15) is 30.8 Å². The van der Waals surface area contributed by atoms with E-state index < -0.39 is 5.54 Å². The molecule has 7 heteroatoms. The molecule has 0 bridgehead atoms. The molecule has 3 N–H and O–H groups in total. The average Bonchev–Trinajstić information content (AvgIpc) is 3.07. The molecule has 0 saturated heterocycles. The summed E-state index contributed by atoms with van der Waals surface area (Å²) in [5, 5.41) is 3.55. The minimum absolute atomic E-state index is 0.0391. The second kappa shape index (κ2) is 7.81. The molecule has 1 amide bonds. The lowest BCUT2D eigenvalue weighted by Crippen LogP contribution is -2.53. The van der Waals surface area contributed by atoms with Crippen molar-refractivity contribution in [3.63, 3.8) is 0 Å². The van der Waals surface area contributed by atoms with Gasteiger partial charge in [0.2, 0.25) is 5.91 Å². The first-order chi connectivity index (χ1) is 14.7. The highest BCUT2D eigenvalue weighted by molar-refractivity contribution is 5.80. The third-order valence-corrected chi connectivity index (χ3v) is 5.81. The smallest absolute Gasteiger partial charge is 0.237 e. The van der Waals surface area contributed by atoms with Crippen molar-refractivity contribution in [1.29, 1.82) is 0 Å². The zero-order valence-electron chi connectivity index (χ0n) is 18.4. The van der Waals surface area contributed by atoms with Crippen LogP contribution in [-0.2, 0) is 16.9 Å². The molecular weight excluding hydrogens is 393 g/mol. The maximum Gasteiger partial charge on any atom is 0.237 e. The largest absolute Gasteiger partial charge is 0.340 e. The molecule has 2 heterocycles. The van der Waals surface area contributed by atoms with E-state index in [1.54, 1.807) is 17.0 Å². The van der Waals surface area contributed by atoms with E-state index in [1.807, 2.05) is 13.8 Å². The molecule has 6 nitrogen and oxygen atoms in total. The number of nitrogens with two attached hydrogens (primary N) is 1. The SMILES string of the molecule is Cc1cc(C)cc(Nc2c(-c3ccc(F)cc3)nc3n2CCN(C(=O)CN)C3(C)C)c1. The second-order valence-electron chi connectivity index (χ2n) is 8.60. The van der Waals surface area contributed by atoms with Crippen molar-refractivity contribution in [2.24, 2.45) is 5.73 Å². The number of anilines is 2. The number of aromatic nitrogens is 2. The Morgan fingerprint density at radius 1 is 1.13 bits per heavy atom. The van der Waals surface area contributed by atoms with Gasteiger partial charge in [-0.2, -0.15) is 0 Å². The molecule has 1 aliphatic heterocycles. The summed E-state index contributed by atoms with van der Waals surface area (Å²) in [6, 6.07) is 12.6. The molecule has 0 radical (unpaired) electrons. The molecule has 0 spiro atoms. The molecule has 4 rings (SSSR count). The lowest BCUT2D eigenvalue weighted by Gasteiger charge is -2.42. The van der Waals surface area contributed by atoms with Gasteiger partial charge in [0.05, 0.1) is 12.1 Å². The molecule has 0 saturated carbocycles. The van der Waals surface area contributed by atoms with E-state index in [9.17, 15) is 9.18 Å². The highest BCUT2D eigenvalue weighted by Crippen LogP contribution is 2.39. The van der Waals surface area contributed by atoms with Gasteiger partial charge < -0.3 is 20.5 Å². The fraction of sp³-hybridized carbons (Fsp3) is 0.333. The Morgan fingerprint density at radius 2 is 1.77 bits per heavy atom. The quantitative estimate of drug-likeness (QED) is 0.665. The number of nitrogens with zero attached hydrogens (tertiary/aromatic N) is 3. The predicted molar refractivity (Wildman–Crippen MR) is 121 cm³/mol. The van der Waals surface area contributed by atoms with Crippen LogP contribution < -0.4 is 11.1 Å². The topological polar surface area (TPSA) is 76.2 Å². The molecule has 1 aromatic heterocycles. The number of benzene rings is 2. The highest BCUT2D eigenvalue weighted by atomic mass is 19.1. The summed E-state index contributed by atoms with van der Waals surface area (Å²) in [5.74, 6) is 1.20. The fourth-order valence-electron chi connectivity index (χ4n) is 4.40. The van der Waals surface area contributed by atoms with Gasteiger partial charge in [-0.1, -0.05) is 6.07 Å². The van der Waals surface area contributed by atoms with Crippen LogP contribution in [0.3, 0.4) is 0 Å². The second-order valence-corrected chi connectivity index (χ2v) is 8.60. The number of nitrogens with one attached hydrogen (secondary N) is 1. The third kappa shape index (κ3) is 3.81. The lowest BCUT2D eigenvalue weighted by atomic mass is 9.99.